The molecule has 0 spiro atoms. The summed E-state index contributed by atoms with van der Waals surface area (Å²) in [5.74, 6) is 1.37. The van der Waals surface area contributed by atoms with Crippen molar-refractivity contribution in [1.82, 2.24) is 25.0 Å². The molecule has 1 aromatic rings. The van der Waals surface area contributed by atoms with Crippen LogP contribution in [0.1, 0.15) is 82.5 Å². The molecule has 0 bridgehead atoms. The Morgan fingerprint density at radius 2 is 1.58 bits per heavy atom. The van der Waals surface area contributed by atoms with Gasteiger partial charge in [0.25, 0.3) is 5.91 Å². The standard InChI is InChI=1S/C31H49ClN6O5/c1-31(2,3)43-30(41)38-17-7-21(8-18-38)5-6-26(39)37-15-9-22(10-16-37)20-36-13-11-23(12-14-36)34-28(40)24-19-25(32)27(33)35-29(24)42-4/h19,21-23H,5-18,20H2,1-4H3,(H2,33,35)(H,34,40). The Kier molecular flexibility index (Phi) is 11.4. The molecule has 11 nitrogen and oxygen atoms in total. The highest BCUT2D eigenvalue weighted by Gasteiger charge is 2.30. The fourth-order valence-corrected chi connectivity index (χ4v) is 6.42. The van der Waals surface area contributed by atoms with Crippen LogP contribution >= 0.6 is 11.6 Å². The van der Waals surface area contributed by atoms with Crippen LogP contribution in [0.3, 0.4) is 0 Å². The summed E-state index contributed by atoms with van der Waals surface area (Å²) in [6, 6.07) is 1.58. The number of likely N-dealkylation sites (tertiary alicyclic amines) is 3. The Hall–Kier alpha value is -2.79. The second-order valence-corrected chi connectivity index (χ2v) is 13.6. The summed E-state index contributed by atoms with van der Waals surface area (Å²) in [5.41, 5.74) is 5.54. The number of carbonyl (C=O) groups excluding carboxylic acids is 3. The van der Waals surface area contributed by atoms with E-state index < -0.39 is 5.60 Å². The maximum atomic E-state index is 12.9. The van der Waals surface area contributed by atoms with E-state index in [1.807, 2.05) is 25.7 Å². The van der Waals surface area contributed by atoms with Gasteiger partial charge in [0.2, 0.25) is 11.8 Å². The molecule has 0 radical (unpaired) electrons. The third kappa shape index (κ3) is 9.60. The van der Waals surface area contributed by atoms with Crippen molar-refractivity contribution in [2.75, 3.05) is 58.7 Å². The Bertz CT molecular complexity index is 1120. The minimum atomic E-state index is -0.480. The summed E-state index contributed by atoms with van der Waals surface area (Å²) < 4.78 is 10.7. The van der Waals surface area contributed by atoms with Crippen molar-refractivity contribution in [2.45, 2.75) is 83.8 Å². The number of anilines is 1. The molecular weight excluding hydrogens is 572 g/mol. The molecular formula is C31H49ClN6O5. The van der Waals surface area contributed by atoms with E-state index in [2.05, 4.69) is 15.2 Å². The molecule has 0 aliphatic carbocycles. The monoisotopic (exact) mass is 620 g/mol. The number of nitrogens with two attached hydrogens (primary N) is 1. The number of piperidine rings is 3. The van der Waals surface area contributed by atoms with Crippen LogP contribution in [0.5, 0.6) is 5.88 Å². The van der Waals surface area contributed by atoms with Crippen molar-refractivity contribution in [3.8, 4) is 5.88 Å². The number of pyridine rings is 1. The lowest BCUT2D eigenvalue weighted by atomic mass is 9.91. The van der Waals surface area contributed by atoms with Gasteiger partial charge in [-0.1, -0.05) is 11.6 Å². The van der Waals surface area contributed by atoms with E-state index in [-0.39, 0.29) is 46.2 Å². The van der Waals surface area contributed by atoms with Gasteiger partial charge in [-0.25, -0.2) is 4.79 Å². The van der Waals surface area contributed by atoms with E-state index in [0.717, 1.165) is 77.7 Å². The number of halogens is 1. The summed E-state index contributed by atoms with van der Waals surface area (Å²) in [6.07, 6.45) is 6.90. The molecule has 4 heterocycles. The molecule has 3 aliphatic heterocycles. The number of nitrogens with zero attached hydrogens (tertiary/aromatic N) is 4. The number of methoxy groups -OCH3 is 1. The van der Waals surface area contributed by atoms with Crippen molar-refractivity contribution in [1.29, 1.82) is 0 Å². The molecule has 3 amide bonds. The van der Waals surface area contributed by atoms with Gasteiger partial charge in [0, 0.05) is 58.3 Å². The van der Waals surface area contributed by atoms with Crippen molar-refractivity contribution in [3.05, 3.63) is 16.7 Å². The molecule has 0 unspecified atom stereocenters. The zero-order chi connectivity index (χ0) is 31.1. The number of carbonyl (C=O) groups is 3. The van der Waals surface area contributed by atoms with Gasteiger partial charge in [0.1, 0.15) is 17.0 Å². The van der Waals surface area contributed by atoms with Crippen molar-refractivity contribution in [2.24, 2.45) is 11.8 Å². The first kappa shape index (κ1) is 33.1. The molecule has 3 N–H and O–H groups in total. The average Bonchev–Trinajstić information content (AvgIpc) is 2.97. The van der Waals surface area contributed by atoms with Gasteiger partial charge in [-0.05, 0) is 83.6 Å². The summed E-state index contributed by atoms with van der Waals surface area (Å²) in [7, 11) is 1.45. The number of ether oxygens (including phenoxy) is 2. The Labute approximate surface area is 260 Å². The zero-order valence-corrected chi connectivity index (χ0v) is 27.0. The predicted molar refractivity (Wildman–Crippen MR) is 166 cm³/mol. The largest absolute Gasteiger partial charge is 0.480 e. The number of aromatic nitrogens is 1. The van der Waals surface area contributed by atoms with Crippen LogP contribution in [-0.2, 0) is 9.53 Å². The topological polar surface area (TPSA) is 130 Å². The highest BCUT2D eigenvalue weighted by molar-refractivity contribution is 6.33. The lowest BCUT2D eigenvalue weighted by Crippen LogP contribution is -2.47. The van der Waals surface area contributed by atoms with Crippen LogP contribution in [0.2, 0.25) is 5.02 Å². The summed E-state index contributed by atoms with van der Waals surface area (Å²) in [4.78, 5) is 48.5. The predicted octanol–water partition coefficient (Wildman–Crippen LogP) is 4.19. The van der Waals surface area contributed by atoms with E-state index in [1.54, 1.807) is 4.90 Å². The third-order valence-electron chi connectivity index (χ3n) is 8.85. The van der Waals surface area contributed by atoms with Crippen molar-refractivity contribution in [3.63, 3.8) is 0 Å². The number of amides is 3. The minimum Gasteiger partial charge on any atom is -0.480 e. The van der Waals surface area contributed by atoms with Gasteiger partial charge in [-0.3, -0.25) is 9.59 Å². The lowest BCUT2D eigenvalue weighted by molar-refractivity contribution is -0.133. The number of nitrogen functional groups attached to an aromatic ring is 1. The lowest BCUT2D eigenvalue weighted by Gasteiger charge is -2.38. The second-order valence-electron chi connectivity index (χ2n) is 13.2. The molecule has 43 heavy (non-hydrogen) atoms. The molecule has 0 saturated carbocycles. The van der Waals surface area contributed by atoms with Crippen LogP contribution in [0.4, 0.5) is 10.6 Å². The number of nitrogens with one attached hydrogen (secondary N) is 1. The van der Waals surface area contributed by atoms with E-state index in [4.69, 9.17) is 26.8 Å². The normalized spacial score (nSPS) is 19.7. The van der Waals surface area contributed by atoms with Gasteiger partial charge in [-0.15, -0.1) is 0 Å². The van der Waals surface area contributed by atoms with Gasteiger partial charge < -0.3 is 35.2 Å². The quantitative estimate of drug-likeness (QED) is 0.443. The van der Waals surface area contributed by atoms with Crippen LogP contribution in [0, 0.1) is 11.8 Å². The molecule has 3 aliphatic rings. The smallest absolute Gasteiger partial charge is 0.410 e. The van der Waals surface area contributed by atoms with E-state index in [0.29, 0.717) is 31.3 Å². The molecule has 1 aromatic heterocycles. The second kappa shape index (κ2) is 14.8. The first-order valence-electron chi connectivity index (χ1n) is 15.7. The molecule has 12 heteroatoms. The van der Waals surface area contributed by atoms with Crippen molar-refractivity contribution < 1.29 is 23.9 Å². The van der Waals surface area contributed by atoms with E-state index in [1.165, 1.54) is 13.2 Å². The first-order valence-corrected chi connectivity index (χ1v) is 16.1. The zero-order valence-electron chi connectivity index (χ0n) is 26.2. The van der Waals surface area contributed by atoms with Gasteiger partial charge in [-0.2, -0.15) is 4.98 Å². The first-order chi connectivity index (χ1) is 20.4. The molecule has 0 atom stereocenters. The average molecular weight is 621 g/mol. The van der Waals surface area contributed by atoms with Gasteiger partial charge in [0.15, 0.2) is 0 Å². The minimum absolute atomic E-state index is 0.0776. The SMILES string of the molecule is COc1nc(N)c(Cl)cc1C(=O)NC1CCN(CC2CCN(C(=O)CCC3CCN(C(=O)OC(C)(C)C)CC3)CC2)CC1. The highest BCUT2D eigenvalue weighted by Crippen LogP contribution is 2.27. The van der Waals surface area contributed by atoms with Gasteiger partial charge in [0.05, 0.1) is 12.1 Å². The molecule has 3 fully saturated rings. The summed E-state index contributed by atoms with van der Waals surface area (Å²) in [5, 5.41) is 3.33. The maximum absolute atomic E-state index is 12.9. The highest BCUT2D eigenvalue weighted by atomic mass is 35.5. The number of rotatable bonds is 8. The fraction of sp³-hybridized carbons (Fsp3) is 0.742. The fourth-order valence-electron chi connectivity index (χ4n) is 6.27. The molecule has 3 saturated heterocycles. The molecule has 0 aromatic carbocycles. The van der Waals surface area contributed by atoms with Crippen LogP contribution < -0.4 is 15.8 Å². The van der Waals surface area contributed by atoms with Crippen molar-refractivity contribution >= 4 is 35.3 Å². The summed E-state index contributed by atoms with van der Waals surface area (Å²) in [6.45, 7) is 11.6. The van der Waals surface area contributed by atoms with E-state index >= 15 is 0 Å². The maximum Gasteiger partial charge on any atom is 0.410 e. The van der Waals surface area contributed by atoms with Crippen LogP contribution in [0.15, 0.2) is 6.07 Å². The molecule has 240 valence electrons. The third-order valence-corrected chi connectivity index (χ3v) is 9.15. The molecule has 4 rings (SSSR count). The number of hydrogen-bond donors (Lipinski definition) is 2. The van der Waals surface area contributed by atoms with Crippen LogP contribution in [-0.4, -0.2) is 102 Å². The summed E-state index contributed by atoms with van der Waals surface area (Å²) >= 11 is 6.08. The van der Waals surface area contributed by atoms with E-state index in [9.17, 15) is 14.4 Å². The number of hydrogen-bond acceptors (Lipinski definition) is 8. The Morgan fingerprint density at radius 3 is 2.19 bits per heavy atom. The Morgan fingerprint density at radius 1 is 0.977 bits per heavy atom. The Balaban J connectivity index is 1.10. The van der Waals surface area contributed by atoms with Crippen LogP contribution in [0.25, 0.3) is 0 Å². The van der Waals surface area contributed by atoms with Gasteiger partial charge >= 0.3 is 6.09 Å².